The van der Waals surface area contributed by atoms with Gasteiger partial charge in [0.2, 0.25) is 15.9 Å². The Balaban J connectivity index is 1.38. The molecule has 0 saturated carbocycles. The number of benzene rings is 1. The lowest BCUT2D eigenvalue weighted by Gasteiger charge is -2.30. The van der Waals surface area contributed by atoms with Gasteiger partial charge in [0.25, 0.3) is 0 Å². The number of hydrogen-bond acceptors (Lipinski definition) is 8. The van der Waals surface area contributed by atoms with E-state index in [1.165, 1.54) is 29.1 Å². The zero-order chi connectivity index (χ0) is 22.8. The van der Waals surface area contributed by atoms with Crippen molar-refractivity contribution in [2.45, 2.75) is 18.9 Å². The van der Waals surface area contributed by atoms with Crippen LogP contribution in [0.15, 0.2) is 42.7 Å². The van der Waals surface area contributed by atoms with Crippen molar-refractivity contribution in [3.05, 3.63) is 42.7 Å². The van der Waals surface area contributed by atoms with Crippen molar-refractivity contribution >= 4 is 26.7 Å². The molecule has 0 bridgehead atoms. The predicted octanol–water partition coefficient (Wildman–Crippen LogP) is 2.33. The molecular weight excluding hydrogens is 442 g/mol. The first-order valence-electron chi connectivity index (χ1n) is 11.1. The first-order chi connectivity index (χ1) is 16.0. The molecule has 2 aliphatic heterocycles. The summed E-state index contributed by atoms with van der Waals surface area (Å²) in [6.45, 7) is 3.30. The van der Waals surface area contributed by atoms with Gasteiger partial charge in [0.1, 0.15) is 12.7 Å². The van der Waals surface area contributed by atoms with Gasteiger partial charge in [-0.1, -0.05) is 12.1 Å². The zero-order valence-corrected chi connectivity index (χ0v) is 19.4. The van der Waals surface area contributed by atoms with Gasteiger partial charge in [-0.3, -0.25) is 4.98 Å². The zero-order valence-electron chi connectivity index (χ0n) is 18.6. The molecule has 2 aliphatic rings. The number of morpholine rings is 1. The molecule has 5 rings (SSSR count). The Bertz CT molecular complexity index is 1230. The maximum absolute atomic E-state index is 11.9. The monoisotopic (exact) mass is 469 g/mol. The van der Waals surface area contributed by atoms with Gasteiger partial charge in [0, 0.05) is 49.8 Å². The number of nitrogens with zero attached hydrogens (tertiary/aromatic N) is 5. The van der Waals surface area contributed by atoms with Gasteiger partial charge in [-0.2, -0.15) is 4.31 Å². The van der Waals surface area contributed by atoms with Crippen LogP contribution >= 0.6 is 0 Å². The minimum absolute atomic E-state index is 0.169. The van der Waals surface area contributed by atoms with E-state index in [-0.39, 0.29) is 19.3 Å². The summed E-state index contributed by atoms with van der Waals surface area (Å²) in [5.74, 6) is 0.360. The van der Waals surface area contributed by atoms with Crippen LogP contribution in [-0.4, -0.2) is 79.4 Å². The van der Waals surface area contributed by atoms with Crippen molar-refractivity contribution in [3.63, 3.8) is 0 Å². The van der Waals surface area contributed by atoms with E-state index in [0.717, 1.165) is 24.3 Å². The molecule has 10 heteroatoms. The summed E-state index contributed by atoms with van der Waals surface area (Å²) in [5, 5.41) is 0. The van der Waals surface area contributed by atoms with Crippen molar-refractivity contribution in [2.75, 3.05) is 50.5 Å². The first kappa shape index (κ1) is 22.0. The fraction of sp³-hybridized carbons (Fsp3) is 0.435. The number of hydrogen-bond donors (Lipinski definition) is 0. The average molecular weight is 470 g/mol. The Morgan fingerprint density at radius 1 is 1.09 bits per heavy atom. The van der Waals surface area contributed by atoms with Gasteiger partial charge in [0.05, 0.1) is 24.1 Å². The number of ether oxygens (including phenoxy) is 2. The Morgan fingerprint density at radius 3 is 2.61 bits per heavy atom. The van der Waals surface area contributed by atoms with Crippen LogP contribution in [0.25, 0.3) is 22.3 Å². The van der Waals surface area contributed by atoms with Crippen LogP contribution < -0.4 is 9.64 Å². The van der Waals surface area contributed by atoms with E-state index in [1.807, 2.05) is 6.07 Å². The highest BCUT2D eigenvalue weighted by Crippen LogP contribution is 2.29. The van der Waals surface area contributed by atoms with Crippen molar-refractivity contribution in [3.8, 4) is 17.1 Å². The van der Waals surface area contributed by atoms with E-state index in [2.05, 4.69) is 39.1 Å². The van der Waals surface area contributed by atoms with Crippen LogP contribution in [0.4, 0.5) is 5.69 Å². The maximum atomic E-state index is 11.9. The summed E-state index contributed by atoms with van der Waals surface area (Å²) < 4.78 is 36.9. The molecule has 174 valence electrons. The molecule has 0 N–H and O–H groups in total. The van der Waals surface area contributed by atoms with E-state index < -0.39 is 10.0 Å². The Labute approximate surface area is 193 Å². The standard InChI is InChI=1S/C23H27N5O4S/c1-33(29,30)28-12-13-31-19(15-28)16-32-23-22-21(24-8-9-25-22)14-20(26-23)17-4-6-18(7-5-17)27-10-2-3-11-27/h4-9,14,19H,2-3,10-13,15-16H2,1H3/t19-/m0/s1. The largest absolute Gasteiger partial charge is 0.473 e. The molecule has 2 fully saturated rings. The molecule has 1 atom stereocenters. The van der Waals surface area contributed by atoms with Gasteiger partial charge in [-0.25, -0.2) is 18.4 Å². The summed E-state index contributed by atoms with van der Waals surface area (Å²) in [6.07, 6.45) is 6.54. The third kappa shape index (κ3) is 4.92. The molecule has 1 aromatic carbocycles. The normalized spacial score (nSPS) is 19.8. The number of sulfonamides is 1. The third-order valence-electron chi connectivity index (χ3n) is 6.04. The van der Waals surface area contributed by atoms with E-state index >= 15 is 0 Å². The lowest BCUT2D eigenvalue weighted by Crippen LogP contribution is -2.47. The molecule has 9 nitrogen and oxygen atoms in total. The average Bonchev–Trinajstić information content (AvgIpc) is 3.37. The fourth-order valence-corrected chi connectivity index (χ4v) is 5.12. The topological polar surface area (TPSA) is 97.8 Å². The molecule has 3 aromatic rings. The number of anilines is 1. The number of pyridine rings is 1. The highest BCUT2D eigenvalue weighted by Gasteiger charge is 2.27. The molecule has 0 amide bonds. The van der Waals surface area contributed by atoms with Gasteiger partial charge in [-0.15, -0.1) is 0 Å². The summed E-state index contributed by atoms with van der Waals surface area (Å²) in [7, 11) is -3.27. The van der Waals surface area contributed by atoms with Crippen molar-refractivity contribution in [1.82, 2.24) is 19.3 Å². The van der Waals surface area contributed by atoms with E-state index in [0.29, 0.717) is 30.1 Å². The molecule has 0 spiro atoms. The Kier molecular flexibility index (Phi) is 6.13. The van der Waals surface area contributed by atoms with E-state index in [4.69, 9.17) is 14.5 Å². The van der Waals surface area contributed by atoms with Crippen LogP contribution in [0.3, 0.4) is 0 Å². The summed E-state index contributed by atoms with van der Waals surface area (Å²) in [4.78, 5) is 15.9. The molecule has 0 unspecified atom stereocenters. The highest BCUT2D eigenvalue weighted by atomic mass is 32.2. The summed E-state index contributed by atoms with van der Waals surface area (Å²) in [5.41, 5.74) is 4.17. The summed E-state index contributed by atoms with van der Waals surface area (Å²) >= 11 is 0. The fourth-order valence-electron chi connectivity index (χ4n) is 4.28. The molecule has 0 aliphatic carbocycles. The van der Waals surface area contributed by atoms with Crippen molar-refractivity contribution in [1.29, 1.82) is 0 Å². The lowest BCUT2D eigenvalue weighted by molar-refractivity contribution is -0.0252. The minimum Gasteiger partial charge on any atom is -0.473 e. The molecule has 33 heavy (non-hydrogen) atoms. The van der Waals surface area contributed by atoms with E-state index in [1.54, 1.807) is 12.4 Å². The molecular formula is C23H27N5O4S. The van der Waals surface area contributed by atoms with Crippen molar-refractivity contribution < 1.29 is 17.9 Å². The number of aromatic nitrogens is 3. The first-order valence-corrected chi connectivity index (χ1v) is 13.0. The lowest BCUT2D eigenvalue weighted by atomic mass is 10.1. The SMILES string of the molecule is CS(=O)(=O)N1CCO[C@H](COc2nc(-c3ccc(N4CCCC4)cc3)cc3nccnc23)C1. The summed E-state index contributed by atoms with van der Waals surface area (Å²) in [6, 6.07) is 10.3. The van der Waals surface area contributed by atoms with Crippen LogP contribution in [0.1, 0.15) is 12.8 Å². The predicted molar refractivity (Wildman–Crippen MR) is 126 cm³/mol. The van der Waals surface area contributed by atoms with Crippen LogP contribution in [-0.2, 0) is 14.8 Å². The molecule has 2 saturated heterocycles. The second-order valence-electron chi connectivity index (χ2n) is 8.40. The van der Waals surface area contributed by atoms with Crippen LogP contribution in [0.5, 0.6) is 5.88 Å². The maximum Gasteiger partial charge on any atom is 0.242 e. The smallest absolute Gasteiger partial charge is 0.242 e. The van der Waals surface area contributed by atoms with Crippen molar-refractivity contribution in [2.24, 2.45) is 0 Å². The van der Waals surface area contributed by atoms with Gasteiger partial charge in [-0.05, 0) is 31.0 Å². The van der Waals surface area contributed by atoms with Crippen LogP contribution in [0, 0.1) is 0 Å². The van der Waals surface area contributed by atoms with Gasteiger partial charge >= 0.3 is 0 Å². The van der Waals surface area contributed by atoms with E-state index in [9.17, 15) is 8.42 Å². The quantitative estimate of drug-likeness (QED) is 0.543. The van der Waals surface area contributed by atoms with Gasteiger partial charge < -0.3 is 14.4 Å². The second kappa shape index (κ2) is 9.20. The second-order valence-corrected chi connectivity index (χ2v) is 10.4. The van der Waals surface area contributed by atoms with Crippen LogP contribution in [0.2, 0.25) is 0 Å². The minimum atomic E-state index is -3.27. The third-order valence-corrected chi connectivity index (χ3v) is 7.30. The molecule has 2 aromatic heterocycles. The Morgan fingerprint density at radius 2 is 1.85 bits per heavy atom. The van der Waals surface area contributed by atoms with Gasteiger partial charge in [0.15, 0.2) is 5.52 Å². The Hall–Kier alpha value is -2.82. The number of fused-ring (bicyclic) bond motifs is 1. The number of rotatable bonds is 6. The molecule has 4 heterocycles. The molecule has 0 radical (unpaired) electrons. The highest BCUT2D eigenvalue weighted by molar-refractivity contribution is 7.88.